The smallest absolute Gasteiger partial charge is 0.407 e. The lowest BCUT2D eigenvalue weighted by atomic mass is 9.98. The number of hydrogen-bond donors (Lipinski definition) is 2. The molecule has 2 aromatic carbocycles. The number of ether oxygens (including phenoxy) is 1. The van der Waals surface area contributed by atoms with Gasteiger partial charge in [-0.05, 0) is 41.0 Å². The molecule has 32 heavy (non-hydrogen) atoms. The van der Waals surface area contributed by atoms with Gasteiger partial charge in [0, 0.05) is 25.4 Å². The Balaban J connectivity index is 1.24. The molecule has 0 spiro atoms. The molecule has 1 aliphatic carbocycles. The lowest BCUT2D eigenvalue weighted by molar-refractivity contribution is -0.149. The second-order valence-electron chi connectivity index (χ2n) is 8.49. The van der Waals surface area contributed by atoms with Crippen LogP contribution in [0.4, 0.5) is 4.79 Å². The summed E-state index contributed by atoms with van der Waals surface area (Å²) in [6.07, 6.45) is 0.804. The molecule has 168 valence electrons. The van der Waals surface area contributed by atoms with Gasteiger partial charge < -0.3 is 20.1 Å². The zero-order valence-electron chi connectivity index (χ0n) is 18.1. The van der Waals surface area contributed by atoms with Crippen molar-refractivity contribution in [3.05, 3.63) is 59.7 Å². The predicted molar refractivity (Wildman–Crippen MR) is 119 cm³/mol. The first-order valence-corrected chi connectivity index (χ1v) is 11.1. The summed E-state index contributed by atoms with van der Waals surface area (Å²) in [7, 11) is 0. The number of carboxylic acids is 1. The van der Waals surface area contributed by atoms with Crippen molar-refractivity contribution < 1.29 is 24.2 Å². The molecule has 0 aromatic heterocycles. The van der Waals surface area contributed by atoms with E-state index in [2.05, 4.69) is 29.6 Å². The van der Waals surface area contributed by atoms with Crippen LogP contribution in [0, 0.1) is 5.92 Å². The molecule has 2 atom stereocenters. The number of carbonyl (C=O) groups excluding carboxylic acids is 2. The lowest BCUT2D eigenvalue weighted by Crippen LogP contribution is -2.42. The van der Waals surface area contributed by atoms with E-state index in [1.807, 2.05) is 31.2 Å². The molecular weight excluding hydrogens is 408 g/mol. The maximum atomic E-state index is 12.4. The number of benzene rings is 2. The normalized spacial score (nSPS) is 19.3. The molecule has 1 saturated heterocycles. The third-order valence-corrected chi connectivity index (χ3v) is 6.45. The Labute approximate surface area is 187 Å². The fourth-order valence-corrected chi connectivity index (χ4v) is 4.83. The number of rotatable bonds is 7. The van der Waals surface area contributed by atoms with Crippen LogP contribution >= 0.6 is 0 Å². The molecule has 7 heteroatoms. The van der Waals surface area contributed by atoms with Crippen LogP contribution in [-0.2, 0) is 14.3 Å². The summed E-state index contributed by atoms with van der Waals surface area (Å²) in [6, 6.07) is 15.5. The van der Waals surface area contributed by atoms with E-state index < -0.39 is 18.1 Å². The molecular formula is C25H28N2O5. The average molecular weight is 437 g/mol. The van der Waals surface area contributed by atoms with Crippen molar-refractivity contribution in [1.82, 2.24) is 10.2 Å². The van der Waals surface area contributed by atoms with Gasteiger partial charge in [0.05, 0.1) is 0 Å². The second kappa shape index (κ2) is 9.42. The van der Waals surface area contributed by atoms with Crippen molar-refractivity contribution in [3.8, 4) is 11.1 Å². The number of aliphatic carboxylic acids is 1. The van der Waals surface area contributed by atoms with Crippen LogP contribution < -0.4 is 5.32 Å². The van der Waals surface area contributed by atoms with E-state index in [1.165, 1.54) is 16.0 Å². The number of nitrogens with one attached hydrogen (secondary N) is 1. The van der Waals surface area contributed by atoms with E-state index in [-0.39, 0.29) is 30.8 Å². The van der Waals surface area contributed by atoms with Gasteiger partial charge in [0.15, 0.2) is 0 Å². The number of carbonyl (C=O) groups is 3. The summed E-state index contributed by atoms with van der Waals surface area (Å²) in [6.45, 7) is 2.86. The van der Waals surface area contributed by atoms with Gasteiger partial charge in [0.1, 0.15) is 12.6 Å². The van der Waals surface area contributed by atoms with Crippen LogP contribution in [0.15, 0.2) is 48.5 Å². The van der Waals surface area contributed by atoms with Gasteiger partial charge in [-0.25, -0.2) is 9.59 Å². The Morgan fingerprint density at radius 1 is 1.06 bits per heavy atom. The van der Waals surface area contributed by atoms with Crippen LogP contribution in [0.3, 0.4) is 0 Å². The van der Waals surface area contributed by atoms with Gasteiger partial charge in [-0.1, -0.05) is 55.5 Å². The number of likely N-dealkylation sites (tertiary alicyclic amines) is 1. The second-order valence-corrected chi connectivity index (χ2v) is 8.49. The summed E-state index contributed by atoms with van der Waals surface area (Å²) < 4.78 is 5.49. The number of carboxylic acid groups (broad SMARTS) is 1. The Morgan fingerprint density at radius 3 is 2.31 bits per heavy atom. The molecule has 2 aliphatic rings. The van der Waals surface area contributed by atoms with Crippen molar-refractivity contribution in [2.75, 3.05) is 19.7 Å². The average Bonchev–Trinajstić information content (AvgIpc) is 3.33. The summed E-state index contributed by atoms with van der Waals surface area (Å²) in [5.41, 5.74) is 4.65. The van der Waals surface area contributed by atoms with Crippen LogP contribution in [0.5, 0.6) is 0 Å². The Hall–Kier alpha value is -3.35. The molecule has 7 nitrogen and oxygen atoms in total. The molecule has 1 aliphatic heterocycles. The Bertz CT molecular complexity index is 975. The SMILES string of the molecule is CC1CCN(C(=O)CCCNC(=O)OCC2c3ccccc3-c3ccccc32)C1C(=O)O. The highest BCUT2D eigenvalue weighted by Gasteiger charge is 2.39. The van der Waals surface area contributed by atoms with Crippen molar-refractivity contribution in [2.24, 2.45) is 5.92 Å². The van der Waals surface area contributed by atoms with Gasteiger partial charge in [-0.2, -0.15) is 0 Å². The molecule has 2 aromatic rings. The summed E-state index contributed by atoms with van der Waals surface area (Å²) in [5, 5.41) is 12.0. The number of alkyl carbamates (subject to hydrolysis) is 1. The minimum Gasteiger partial charge on any atom is -0.480 e. The van der Waals surface area contributed by atoms with E-state index in [4.69, 9.17) is 4.74 Å². The molecule has 0 saturated carbocycles. The summed E-state index contributed by atoms with van der Waals surface area (Å²) in [4.78, 5) is 37.5. The first-order valence-electron chi connectivity index (χ1n) is 11.1. The predicted octanol–water partition coefficient (Wildman–Crippen LogP) is 3.63. The molecule has 0 radical (unpaired) electrons. The number of amides is 2. The van der Waals surface area contributed by atoms with E-state index in [0.717, 1.165) is 11.1 Å². The maximum absolute atomic E-state index is 12.4. The number of hydrogen-bond acceptors (Lipinski definition) is 4. The zero-order chi connectivity index (χ0) is 22.7. The molecule has 4 rings (SSSR count). The molecule has 2 amide bonds. The highest BCUT2D eigenvalue weighted by Crippen LogP contribution is 2.44. The van der Waals surface area contributed by atoms with Crippen LogP contribution in [0.25, 0.3) is 11.1 Å². The van der Waals surface area contributed by atoms with Gasteiger partial charge in [0.25, 0.3) is 0 Å². The monoisotopic (exact) mass is 436 g/mol. The third-order valence-electron chi connectivity index (χ3n) is 6.45. The first kappa shape index (κ1) is 21.9. The highest BCUT2D eigenvalue weighted by molar-refractivity contribution is 5.84. The lowest BCUT2D eigenvalue weighted by Gasteiger charge is -2.23. The van der Waals surface area contributed by atoms with E-state index in [1.54, 1.807) is 0 Å². The fourth-order valence-electron chi connectivity index (χ4n) is 4.83. The Morgan fingerprint density at radius 2 is 1.69 bits per heavy atom. The third kappa shape index (κ3) is 4.33. The van der Waals surface area contributed by atoms with E-state index >= 15 is 0 Å². The summed E-state index contributed by atoms with van der Waals surface area (Å²) >= 11 is 0. The maximum Gasteiger partial charge on any atom is 0.407 e. The minimum absolute atomic E-state index is 0.000152. The topological polar surface area (TPSA) is 95.9 Å². The van der Waals surface area contributed by atoms with E-state index in [0.29, 0.717) is 25.9 Å². The largest absolute Gasteiger partial charge is 0.480 e. The van der Waals surface area contributed by atoms with Crippen molar-refractivity contribution in [2.45, 2.75) is 38.1 Å². The first-order chi connectivity index (χ1) is 15.5. The number of nitrogens with zero attached hydrogens (tertiary/aromatic N) is 1. The summed E-state index contributed by atoms with van der Waals surface area (Å²) in [5.74, 6) is -1.19. The molecule has 0 bridgehead atoms. The molecule has 2 N–H and O–H groups in total. The van der Waals surface area contributed by atoms with Crippen molar-refractivity contribution in [1.29, 1.82) is 0 Å². The van der Waals surface area contributed by atoms with Crippen LogP contribution in [0.2, 0.25) is 0 Å². The molecule has 1 heterocycles. The van der Waals surface area contributed by atoms with Crippen molar-refractivity contribution >= 4 is 18.0 Å². The highest BCUT2D eigenvalue weighted by atomic mass is 16.5. The zero-order valence-corrected chi connectivity index (χ0v) is 18.1. The fraction of sp³-hybridized carbons (Fsp3) is 0.400. The van der Waals surface area contributed by atoms with Gasteiger partial charge in [-0.3, -0.25) is 4.79 Å². The van der Waals surface area contributed by atoms with Gasteiger partial charge in [-0.15, -0.1) is 0 Å². The van der Waals surface area contributed by atoms with E-state index in [9.17, 15) is 19.5 Å². The molecule has 2 unspecified atom stereocenters. The quantitative estimate of drug-likeness (QED) is 0.646. The van der Waals surface area contributed by atoms with Gasteiger partial charge >= 0.3 is 12.1 Å². The van der Waals surface area contributed by atoms with Crippen LogP contribution in [0.1, 0.15) is 43.2 Å². The molecule has 1 fully saturated rings. The Kier molecular flexibility index (Phi) is 6.44. The minimum atomic E-state index is -0.958. The standard InChI is InChI=1S/C25H28N2O5/c1-16-12-14-27(23(16)24(29)30)22(28)11-6-13-26-25(31)32-15-21-19-9-4-2-7-17(19)18-8-3-5-10-20(18)21/h2-5,7-10,16,21,23H,6,11-15H2,1H3,(H,26,31)(H,29,30). The van der Waals surface area contributed by atoms with Gasteiger partial charge in [0.2, 0.25) is 5.91 Å². The van der Waals surface area contributed by atoms with Crippen LogP contribution in [-0.4, -0.2) is 53.7 Å². The van der Waals surface area contributed by atoms with Crippen molar-refractivity contribution in [3.63, 3.8) is 0 Å². The number of fused-ring (bicyclic) bond motifs is 3.